The molecule has 3 heterocycles. The highest BCUT2D eigenvalue weighted by atomic mass is 32.2. The van der Waals surface area contributed by atoms with Crippen LogP contribution in [0.15, 0.2) is 56.5 Å². The molecule has 3 N–H and O–H groups in total. The lowest BCUT2D eigenvalue weighted by Crippen LogP contribution is -2.46. The Morgan fingerprint density at radius 2 is 2.09 bits per heavy atom. The van der Waals surface area contributed by atoms with Gasteiger partial charge in [-0.1, -0.05) is 5.04 Å². The quantitative estimate of drug-likeness (QED) is 0.151. The first-order chi connectivity index (χ1) is 15.7. The number of carboxylic acids is 1. The number of rotatable bonds is 6. The van der Waals surface area contributed by atoms with E-state index in [1.807, 2.05) is 0 Å². The Bertz CT molecular complexity index is 1420. The summed E-state index contributed by atoms with van der Waals surface area (Å²) in [5.41, 5.74) is 1.24. The van der Waals surface area contributed by atoms with Gasteiger partial charge in [-0.2, -0.15) is 13.0 Å². The van der Waals surface area contributed by atoms with Gasteiger partial charge in [0.15, 0.2) is 11.8 Å². The van der Waals surface area contributed by atoms with Crippen molar-refractivity contribution in [3.8, 4) is 5.75 Å². The number of nitrogens with zero attached hydrogens (tertiary/aromatic N) is 2. The SMILES string of the molecule is O=C(O)CC1CN2C(=Cc3oc4ccc(S(=O)(=O)O)cc4[n+]31)Oc1ccc(SOOO)cc12. The summed E-state index contributed by atoms with van der Waals surface area (Å²) in [7, 11) is -4.48. The maximum absolute atomic E-state index is 11.7. The zero-order valence-corrected chi connectivity index (χ0v) is 18.1. The van der Waals surface area contributed by atoms with Gasteiger partial charge in [-0.05, 0) is 30.3 Å². The maximum Gasteiger partial charge on any atom is 0.379 e. The number of ether oxygens (including phenoxy) is 1. The number of carbonyl (C=O) groups is 1. The van der Waals surface area contributed by atoms with Crippen molar-refractivity contribution in [1.82, 2.24) is 0 Å². The molecule has 5 rings (SSSR count). The Morgan fingerprint density at radius 1 is 1.27 bits per heavy atom. The van der Waals surface area contributed by atoms with Gasteiger partial charge < -0.3 is 19.2 Å². The number of fused-ring (bicyclic) bond motifs is 6. The van der Waals surface area contributed by atoms with Gasteiger partial charge in [-0.3, -0.25) is 9.35 Å². The largest absolute Gasteiger partial charge is 0.481 e. The van der Waals surface area contributed by atoms with E-state index in [0.29, 0.717) is 33.3 Å². The molecular weight excluding hydrogens is 480 g/mol. The monoisotopic (exact) mass is 495 g/mol. The number of hydrogen-bond acceptors (Lipinski definition) is 10. The van der Waals surface area contributed by atoms with E-state index in [1.165, 1.54) is 18.2 Å². The highest BCUT2D eigenvalue weighted by molar-refractivity contribution is 7.94. The lowest BCUT2D eigenvalue weighted by Gasteiger charge is -2.19. The molecule has 1 atom stereocenters. The van der Waals surface area contributed by atoms with Gasteiger partial charge in [0.25, 0.3) is 15.6 Å². The van der Waals surface area contributed by atoms with E-state index in [9.17, 15) is 22.9 Å². The molecule has 1 aromatic heterocycles. The van der Waals surface area contributed by atoms with Crippen LogP contribution < -0.4 is 14.2 Å². The van der Waals surface area contributed by atoms with Gasteiger partial charge in [0.05, 0.1) is 24.3 Å². The molecule has 2 aliphatic heterocycles. The summed E-state index contributed by atoms with van der Waals surface area (Å²) in [6.45, 7) is 0.152. The highest BCUT2D eigenvalue weighted by Crippen LogP contribution is 2.43. The average Bonchev–Trinajstić information content (AvgIpc) is 3.23. The molecule has 0 spiro atoms. The molecule has 0 radical (unpaired) electrons. The van der Waals surface area contributed by atoms with Gasteiger partial charge in [-0.25, -0.2) is 5.26 Å². The normalized spacial score (nSPS) is 17.1. The van der Waals surface area contributed by atoms with Crippen LogP contribution in [0.3, 0.4) is 0 Å². The minimum absolute atomic E-state index is 0.152. The second-order valence-corrected chi connectivity index (χ2v) is 9.41. The zero-order valence-electron chi connectivity index (χ0n) is 16.4. The van der Waals surface area contributed by atoms with Gasteiger partial charge >= 0.3 is 11.9 Å². The van der Waals surface area contributed by atoms with Crippen LogP contribution in [0.5, 0.6) is 5.75 Å². The second kappa shape index (κ2) is 8.02. The Kier molecular flexibility index (Phi) is 5.27. The Labute approximate surface area is 190 Å². The van der Waals surface area contributed by atoms with Crippen molar-refractivity contribution in [2.24, 2.45) is 0 Å². The van der Waals surface area contributed by atoms with Crippen molar-refractivity contribution in [1.29, 1.82) is 0 Å². The summed E-state index contributed by atoms with van der Waals surface area (Å²) >= 11 is 0.765. The molecule has 0 saturated heterocycles. The van der Waals surface area contributed by atoms with Crippen molar-refractivity contribution in [2.75, 3.05) is 11.4 Å². The minimum atomic E-state index is -4.48. The molecule has 33 heavy (non-hydrogen) atoms. The minimum Gasteiger partial charge on any atom is -0.481 e. The van der Waals surface area contributed by atoms with Crippen molar-refractivity contribution in [3.05, 3.63) is 48.2 Å². The number of aromatic nitrogens is 1. The molecule has 0 bridgehead atoms. The number of benzene rings is 2. The van der Waals surface area contributed by atoms with Crippen LogP contribution in [-0.4, -0.2) is 35.8 Å². The topological polar surface area (TPSA) is 160 Å². The molecule has 0 fully saturated rings. The number of hydrogen-bond donors (Lipinski definition) is 3. The van der Waals surface area contributed by atoms with Gasteiger partial charge in [0.2, 0.25) is 11.5 Å². The van der Waals surface area contributed by atoms with Crippen LogP contribution >= 0.6 is 12.0 Å². The van der Waals surface area contributed by atoms with E-state index in [4.69, 9.17) is 14.4 Å². The summed E-state index contributed by atoms with van der Waals surface area (Å²) < 4.78 is 50.6. The van der Waals surface area contributed by atoms with Crippen molar-refractivity contribution in [2.45, 2.75) is 22.3 Å². The third-order valence-corrected chi connectivity index (χ3v) is 6.64. The summed E-state index contributed by atoms with van der Waals surface area (Å²) in [6, 6.07) is 8.22. The molecule has 0 aliphatic carbocycles. The smallest absolute Gasteiger partial charge is 0.379 e. The first-order valence-corrected chi connectivity index (χ1v) is 11.6. The Hall–Kier alpha value is -3.14. The number of carboxylic acid groups (broad SMARTS) is 1. The lowest BCUT2D eigenvalue weighted by atomic mass is 10.1. The van der Waals surface area contributed by atoms with Crippen LogP contribution in [0, 0.1) is 0 Å². The molecule has 0 amide bonds. The third-order valence-electron chi connectivity index (χ3n) is 5.22. The number of aliphatic carboxylic acids is 1. The molecule has 3 aromatic rings. The fourth-order valence-electron chi connectivity index (χ4n) is 3.93. The van der Waals surface area contributed by atoms with Crippen LogP contribution in [0.1, 0.15) is 18.4 Å². The Balaban J connectivity index is 1.64. The lowest BCUT2D eigenvalue weighted by molar-refractivity contribution is -0.700. The van der Waals surface area contributed by atoms with E-state index in [2.05, 4.69) is 9.37 Å². The van der Waals surface area contributed by atoms with Gasteiger partial charge in [-0.15, -0.1) is 4.33 Å². The fourth-order valence-corrected chi connectivity index (χ4v) is 4.82. The molecule has 2 aliphatic rings. The van der Waals surface area contributed by atoms with Crippen LogP contribution in [0.25, 0.3) is 17.2 Å². The molecule has 172 valence electrons. The summed E-state index contributed by atoms with van der Waals surface area (Å²) in [4.78, 5) is 13.7. The van der Waals surface area contributed by atoms with Gasteiger partial charge in [0.1, 0.15) is 17.4 Å². The Morgan fingerprint density at radius 3 is 2.82 bits per heavy atom. The predicted molar refractivity (Wildman–Crippen MR) is 111 cm³/mol. The first kappa shape index (κ1) is 21.7. The van der Waals surface area contributed by atoms with E-state index in [-0.39, 0.29) is 23.8 Å². The van der Waals surface area contributed by atoms with Crippen LogP contribution in [0.2, 0.25) is 0 Å². The standard InChI is InChI=1S/C19H14N2O10S2/c22-19(23)5-10-9-20-13-6-11(32-31-30-24)1-3-15(13)28-17(20)8-18-21(10)14-7-12(33(25,26)27)2-4-16(14)29-18/h1-4,6-8,10H,5,9H2,(H2-,22,23,24,25,26,27)/p+1. The van der Waals surface area contributed by atoms with Crippen LogP contribution in [0.4, 0.5) is 5.69 Å². The summed E-state index contributed by atoms with van der Waals surface area (Å²) in [5, 5.41) is 21.6. The van der Waals surface area contributed by atoms with Crippen molar-refractivity contribution >= 4 is 51.0 Å². The molecule has 0 saturated carbocycles. The highest BCUT2D eigenvalue weighted by Gasteiger charge is 2.41. The molecule has 12 nitrogen and oxygen atoms in total. The van der Waals surface area contributed by atoms with Crippen LogP contribution in [-0.2, 0) is 24.3 Å². The third kappa shape index (κ3) is 3.92. The van der Waals surface area contributed by atoms with E-state index >= 15 is 0 Å². The number of anilines is 1. The second-order valence-electron chi connectivity index (χ2n) is 7.22. The fraction of sp³-hybridized carbons (Fsp3) is 0.158. The molecule has 14 heteroatoms. The van der Waals surface area contributed by atoms with Gasteiger partial charge in [0, 0.05) is 11.0 Å². The van der Waals surface area contributed by atoms with Crippen molar-refractivity contribution in [3.63, 3.8) is 0 Å². The van der Waals surface area contributed by atoms with Crippen molar-refractivity contribution < 1.29 is 51.2 Å². The zero-order chi connectivity index (χ0) is 23.3. The average molecular weight is 495 g/mol. The van der Waals surface area contributed by atoms with E-state index in [1.54, 1.807) is 33.7 Å². The number of oxazole rings is 1. The molecule has 1 unspecified atom stereocenters. The maximum atomic E-state index is 11.7. The predicted octanol–water partition coefficient (Wildman–Crippen LogP) is 2.62. The molecular formula is C19H15N2O10S2+. The molecule has 2 aromatic carbocycles. The summed E-state index contributed by atoms with van der Waals surface area (Å²) in [5.74, 6) is 0.0750. The van der Waals surface area contributed by atoms with E-state index < -0.39 is 22.1 Å². The van der Waals surface area contributed by atoms with E-state index in [0.717, 1.165) is 12.0 Å². The first-order valence-electron chi connectivity index (χ1n) is 9.38. The summed E-state index contributed by atoms with van der Waals surface area (Å²) in [6.07, 6.45) is 1.28.